The Morgan fingerprint density at radius 2 is 2.18 bits per heavy atom. The highest BCUT2D eigenvalue weighted by molar-refractivity contribution is 5.97. The van der Waals surface area contributed by atoms with E-state index in [1.54, 1.807) is 6.20 Å². The van der Waals surface area contributed by atoms with E-state index in [1.165, 1.54) is 5.57 Å². The Morgan fingerprint density at radius 3 is 2.68 bits per heavy atom. The minimum absolute atomic E-state index is 0.0415. The van der Waals surface area contributed by atoms with Gasteiger partial charge < -0.3 is 0 Å². The zero-order valence-electron chi connectivity index (χ0n) is 13.7. The first-order valence-corrected chi connectivity index (χ1v) is 7.61. The smallest absolute Gasteiger partial charge is 0.239 e. The lowest BCUT2D eigenvalue weighted by Crippen LogP contribution is -2.06. The van der Waals surface area contributed by atoms with Crippen molar-refractivity contribution in [2.75, 3.05) is 0 Å². The van der Waals surface area contributed by atoms with Gasteiger partial charge in [-0.25, -0.2) is 8.78 Å². The van der Waals surface area contributed by atoms with Crippen LogP contribution in [0.25, 0.3) is 0 Å². The Bertz CT molecular complexity index is 534. The quantitative estimate of drug-likeness (QED) is 0.509. The van der Waals surface area contributed by atoms with Crippen molar-refractivity contribution in [3.8, 4) is 0 Å². The van der Waals surface area contributed by atoms with Crippen LogP contribution in [0.2, 0.25) is 0 Å². The number of aliphatic imine (C=N–C) groups is 1. The van der Waals surface area contributed by atoms with Crippen LogP contribution >= 0.6 is 0 Å². The van der Waals surface area contributed by atoms with Crippen LogP contribution in [0.4, 0.5) is 8.78 Å². The number of nitrogens with zero attached hydrogens (tertiary/aromatic N) is 1. The summed E-state index contributed by atoms with van der Waals surface area (Å²) < 4.78 is 24.8. The summed E-state index contributed by atoms with van der Waals surface area (Å²) in [5.74, 6) is -0.0415. The van der Waals surface area contributed by atoms with Crippen molar-refractivity contribution >= 4 is 5.71 Å². The average Bonchev–Trinajstić information content (AvgIpc) is 2.47. The number of hydrogen-bond donors (Lipinski definition) is 0. The number of allylic oxidation sites excluding steroid dienone is 8. The summed E-state index contributed by atoms with van der Waals surface area (Å²) in [6.07, 6.45) is 10.9. The molecular weight excluding hydrogens is 280 g/mol. The number of alkyl halides is 2. The van der Waals surface area contributed by atoms with Crippen LogP contribution in [-0.2, 0) is 0 Å². The van der Waals surface area contributed by atoms with E-state index < -0.39 is 6.43 Å². The van der Waals surface area contributed by atoms with E-state index in [0.717, 1.165) is 23.3 Å². The lowest BCUT2D eigenvalue weighted by Gasteiger charge is -2.17. The standard InChI is InChI=1S/C19H25F2N/c1-5-17(7-6-12-22-15(4)14(2)3)18-10-8-16(9-11-18)13-19(20)21/h5-6,8,10-12,16,19H,2,7,9,13H2,1,3-4H3/b12-6-,17-5+,22-15?. The second kappa shape index (κ2) is 9.29. The Morgan fingerprint density at radius 1 is 1.45 bits per heavy atom. The molecule has 0 aliphatic heterocycles. The van der Waals surface area contributed by atoms with Crippen LogP contribution < -0.4 is 0 Å². The molecule has 1 aliphatic rings. The topological polar surface area (TPSA) is 12.4 Å². The van der Waals surface area contributed by atoms with E-state index >= 15 is 0 Å². The van der Waals surface area contributed by atoms with Crippen molar-refractivity contribution in [2.24, 2.45) is 10.9 Å². The van der Waals surface area contributed by atoms with Crippen molar-refractivity contribution in [3.63, 3.8) is 0 Å². The zero-order chi connectivity index (χ0) is 16.5. The molecule has 0 radical (unpaired) electrons. The molecule has 0 aromatic heterocycles. The molecule has 1 aliphatic carbocycles. The molecule has 1 rings (SSSR count). The van der Waals surface area contributed by atoms with Gasteiger partial charge in [0.15, 0.2) is 0 Å². The first-order valence-electron chi connectivity index (χ1n) is 7.61. The maximum atomic E-state index is 12.4. The van der Waals surface area contributed by atoms with Gasteiger partial charge in [0, 0.05) is 18.3 Å². The van der Waals surface area contributed by atoms with Gasteiger partial charge >= 0.3 is 0 Å². The molecule has 0 heterocycles. The van der Waals surface area contributed by atoms with Crippen LogP contribution in [0.1, 0.15) is 40.0 Å². The monoisotopic (exact) mass is 305 g/mol. The highest BCUT2D eigenvalue weighted by atomic mass is 19.3. The van der Waals surface area contributed by atoms with Crippen LogP contribution in [0.3, 0.4) is 0 Å². The van der Waals surface area contributed by atoms with Gasteiger partial charge in [-0.3, -0.25) is 4.99 Å². The van der Waals surface area contributed by atoms with Gasteiger partial charge in [-0.1, -0.05) is 37.0 Å². The molecule has 22 heavy (non-hydrogen) atoms. The largest absolute Gasteiger partial charge is 0.262 e. The molecule has 0 fully saturated rings. The molecule has 0 aromatic carbocycles. The van der Waals surface area contributed by atoms with E-state index in [-0.39, 0.29) is 12.3 Å². The summed E-state index contributed by atoms with van der Waals surface area (Å²) in [4.78, 5) is 4.31. The van der Waals surface area contributed by atoms with E-state index in [1.807, 2.05) is 39.0 Å². The lowest BCUT2D eigenvalue weighted by molar-refractivity contribution is 0.123. The molecule has 0 amide bonds. The summed E-state index contributed by atoms with van der Waals surface area (Å²) >= 11 is 0. The maximum absolute atomic E-state index is 12.4. The third-order valence-electron chi connectivity index (χ3n) is 3.72. The summed E-state index contributed by atoms with van der Waals surface area (Å²) in [6, 6.07) is 0. The second-order valence-electron chi connectivity index (χ2n) is 5.54. The number of hydrogen-bond acceptors (Lipinski definition) is 1. The van der Waals surface area contributed by atoms with Crippen molar-refractivity contribution < 1.29 is 8.78 Å². The molecule has 3 heteroatoms. The molecule has 0 aromatic rings. The Hall–Kier alpha value is -1.77. The van der Waals surface area contributed by atoms with Crippen LogP contribution in [0.5, 0.6) is 0 Å². The van der Waals surface area contributed by atoms with E-state index in [9.17, 15) is 8.78 Å². The van der Waals surface area contributed by atoms with E-state index in [4.69, 9.17) is 0 Å². The van der Waals surface area contributed by atoms with Gasteiger partial charge in [-0.05, 0) is 56.3 Å². The van der Waals surface area contributed by atoms with Crippen LogP contribution in [0, 0.1) is 5.92 Å². The minimum atomic E-state index is -2.23. The van der Waals surface area contributed by atoms with Crippen molar-refractivity contribution in [3.05, 3.63) is 59.9 Å². The van der Waals surface area contributed by atoms with Gasteiger partial charge in [-0.15, -0.1) is 0 Å². The average molecular weight is 305 g/mol. The van der Waals surface area contributed by atoms with Gasteiger partial charge in [0.25, 0.3) is 0 Å². The minimum Gasteiger partial charge on any atom is -0.262 e. The fourth-order valence-electron chi connectivity index (χ4n) is 2.16. The van der Waals surface area contributed by atoms with Crippen LogP contribution in [-0.4, -0.2) is 12.1 Å². The molecule has 120 valence electrons. The van der Waals surface area contributed by atoms with E-state index in [0.29, 0.717) is 6.42 Å². The Balaban J connectivity index is 2.59. The third kappa shape index (κ3) is 6.33. The van der Waals surface area contributed by atoms with Crippen molar-refractivity contribution in [1.82, 2.24) is 0 Å². The maximum Gasteiger partial charge on any atom is 0.239 e. The third-order valence-corrected chi connectivity index (χ3v) is 3.72. The van der Waals surface area contributed by atoms with Crippen LogP contribution in [0.15, 0.2) is 64.9 Å². The normalized spacial score (nSPS) is 19.9. The highest BCUT2D eigenvalue weighted by Gasteiger charge is 2.15. The number of rotatable bonds is 7. The predicted molar refractivity (Wildman–Crippen MR) is 91.4 cm³/mol. The molecule has 0 N–H and O–H groups in total. The summed E-state index contributed by atoms with van der Waals surface area (Å²) in [6.45, 7) is 9.69. The summed E-state index contributed by atoms with van der Waals surface area (Å²) in [5, 5.41) is 0. The van der Waals surface area contributed by atoms with Crippen molar-refractivity contribution in [2.45, 2.75) is 46.5 Å². The van der Waals surface area contributed by atoms with E-state index in [2.05, 4.69) is 23.7 Å². The molecule has 0 bridgehead atoms. The Kier molecular flexibility index (Phi) is 7.72. The zero-order valence-corrected chi connectivity index (χ0v) is 13.7. The van der Waals surface area contributed by atoms with Gasteiger partial charge in [0.05, 0.1) is 0 Å². The Labute approximate surface area is 132 Å². The molecular formula is C19H25F2N. The molecule has 1 atom stereocenters. The first-order chi connectivity index (χ1) is 10.4. The van der Waals surface area contributed by atoms with Gasteiger partial charge in [0.1, 0.15) is 0 Å². The SMILES string of the molecule is C=C(C)C(C)=N/C=C\C/C(=C\C)C1=CCC(CC(F)F)C=C1. The lowest BCUT2D eigenvalue weighted by atomic mass is 9.90. The molecule has 0 saturated carbocycles. The van der Waals surface area contributed by atoms with Gasteiger partial charge in [-0.2, -0.15) is 0 Å². The first kappa shape index (κ1) is 18.3. The summed E-state index contributed by atoms with van der Waals surface area (Å²) in [7, 11) is 0. The van der Waals surface area contributed by atoms with Crippen molar-refractivity contribution in [1.29, 1.82) is 0 Å². The molecule has 1 unspecified atom stereocenters. The molecule has 0 saturated heterocycles. The fourth-order valence-corrected chi connectivity index (χ4v) is 2.16. The predicted octanol–water partition coefficient (Wildman–Crippen LogP) is 6.03. The fraction of sp³-hybridized carbons (Fsp3) is 0.421. The summed E-state index contributed by atoms with van der Waals surface area (Å²) in [5.41, 5.74) is 4.19. The number of halogens is 2. The molecule has 0 spiro atoms. The highest BCUT2D eigenvalue weighted by Crippen LogP contribution is 2.27. The molecule has 1 nitrogen and oxygen atoms in total. The second-order valence-corrected chi connectivity index (χ2v) is 5.54. The van der Waals surface area contributed by atoms with Gasteiger partial charge in [0.2, 0.25) is 6.43 Å².